The minimum absolute atomic E-state index is 0.150. The maximum absolute atomic E-state index is 12.8. The second-order valence-corrected chi connectivity index (χ2v) is 5.06. The third-order valence-electron chi connectivity index (χ3n) is 2.89. The van der Waals surface area contributed by atoms with Gasteiger partial charge in [0.15, 0.2) is 6.10 Å². The van der Waals surface area contributed by atoms with Crippen LogP contribution in [0.1, 0.15) is 32.3 Å². The predicted molar refractivity (Wildman–Crippen MR) is 80.8 cm³/mol. The van der Waals surface area contributed by atoms with Crippen LogP contribution in [0.25, 0.3) is 0 Å². The van der Waals surface area contributed by atoms with E-state index >= 15 is 0 Å². The average Bonchev–Trinajstić information content (AvgIpc) is 2.48. The highest BCUT2D eigenvalue weighted by Crippen LogP contribution is 2.10. The summed E-state index contributed by atoms with van der Waals surface area (Å²) in [6.07, 6.45) is -0.530. The van der Waals surface area contributed by atoms with Crippen molar-refractivity contribution in [2.24, 2.45) is 0 Å². The smallest absolute Gasteiger partial charge is 0.355 e. The van der Waals surface area contributed by atoms with Crippen LogP contribution in [0, 0.1) is 5.82 Å². The molecule has 0 saturated carbocycles. The van der Waals surface area contributed by atoms with Gasteiger partial charge >= 0.3 is 17.9 Å². The Hall–Kier alpha value is -2.50. The first kappa shape index (κ1) is 18.5. The molecule has 0 aliphatic rings. The van der Waals surface area contributed by atoms with Gasteiger partial charge in [-0.25, -0.2) is 14.0 Å². The van der Waals surface area contributed by atoms with E-state index in [2.05, 4.69) is 6.58 Å². The lowest BCUT2D eigenvalue weighted by Gasteiger charge is -2.15. The van der Waals surface area contributed by atoms with Crippen LogP contribution in [0.15, 0.2) is 36.4 Å². The van der Waals surface area contributed by atoms with Gasteiger partial charge in [0.25, 0.3) is 0 Å². The zero-order valence-electron chi connectivity index (χ0n) is 13.1. The van der Waals surface area contributed by atoms with Gasteiger partial charge in [0.2, 0.25) is 0 Å². The van der Waals surface area contributed by atoms with E-state index in [-0.39, 0.29) is 18.4 Å². The number of hydrogen-bond donors (Lipinski definition) is 0. The Balaban J connectivity index is 2.62. The molecule has 0 aliphatic carbocycles. The van der Waals surface area contributed by atoms with E-state index in [9.17, 15) is 18.8 Å². The highest BCUT2D eigenvalue weighted by atomic mass is 19.1. The number of carbonyl (C=O) groups is 3. The Labute approximate surface area is 134 Å². The summed E-state index contributed by atoms with van der Waals surface area (Å²) in [7, 11) is 0. The number of carbonyl (C=O) groups excluding carboxylic acids is 3. The van der Waals surface area contributed by atoms with Crippen molar-refractivity contribution in [3.05, 3.63) is 47.8 Å². The Morgan fingerprint density at radius 3 is 2.35 bits per heavy atom. The van der Waals surface area contributed by atoms with Crippen LogP contribution in [-0.2, 0) is 30.3 Å². The van der Waals surface area contributed by atoms with Crippen molar-refractivity contribution in [3.63, 3.8) is 0 Å². The van der Waals surface area contributed by atoms with E-state index in [4.69, 9.17) is 9.47 Å². The van der Waals surface area contributed by atoms with Gasteiger partial charge in [0.05, 0.1) is 6.42 Å². The van der Waals surface area contributed by atoms with Gasteiger partial charge in [-0.1, -0.05) is 32.1 Å². The molecule has 0 aliphatic heterocycles. The van der Waals surface area contributed by atoms with Crippen molar-refractivity contribution in [1.29, 1.82) is 0 Å². The second kappa shape index (κ2) is 8.82. The summed E-state index contributed by atoms with van der Waals surface area (Å²) in [6.45, 7) is 6.68. The summed E-state index contributed by atoms with van der Waals surface area (Å²) >= 11 is 0. The van der Waals surface area contributed by atoms with Gasteiger partial charge in [-0.15, -0.1) is 0 Å². The monoisotopic (exact) mass is 322 g/mol. The largest absolute Gasteiger partial charge is 0.447 e. The molecule has 0 heterocycles. The predicted octanol–water partition coefficient (Wildman–Crippen LogP) is 2.73. The Morgan fingerprint density at radius 2 is 1.83 bits per heavy atom. The molecular weight excluding hydrogens is 303 g/mol. The standard InChI is InChI=1S/C17H19FO5/c1-4-5-14(22-16(20)11(2)3)17(21)23-15(19)10-12-6-8-13(18)9-7-12/h6-9,14H,2,4-5,10H2,1,3H3. The molecule has 23 heavy (non-hydrogen) atoms. The number of hydrogen-bond acceptors (Lipinski definition) is 5. The lowest BCUT2D eigenvalue weighted by atomic mass is 10.1. The van der Waals surface area contributed by atoms with E-state index in [0.29, 0.717) is 12.0 Å². The maximum Gasteiger partial charge on any atom is 0.355 e. The Bertz CT molecular complexity index is 592. The Kier molecular flexibility index (Phi) is 7.12. The summed E-state index contributed by atoms with van der Waals surface area (Å²) in [5.41, 5.74) is 0.659. The van der Waals surface area contributed by atoms with Gasteiger partial charge < -0.3 is 9.47 Å². The fraction of sp³-hybridized carbons (Fsp3) is 0.353. The van der Waals surface area contributed by atoms with Crippen LogP contribution >= 0.6 is 0 Å². The number of halogens is 1. The first-order valence-corrected chi connectivity index (χ1v) is 7.19. The van der Waals surface area contributed by atoms with Crippen molar-refractivity contribution in [3.8, 4) is 0 Å². The van der Waals surface area contributed by atoms with Gasteiger partial charge in [-0.3, -0.25) is 4.79 Å². The fourth-order valence-corrected chi connectivity index (χ4v) is 1.70. The lowest BCUT2D eigenvalue weighted by molar-refractivity contribution is -0.172. The molecule has 0 fully saturated rings. The Morgan fingerprint density at radius 1 is 1.22 bits per heavy atom. The summed E-state index contributed by atoms with van der Waals surface area (Å²) in [6, 6.07) is 5.26. The molecule has 1 aromatic rings. The molecule has 0 aromatic heterocycles. The summed E-state index contributed by atoms with van der Waals surface area (Å²) in [4.78, 5) is 35.2. The average molecular weight is 322 g/mol. The van der Waals surface area contributed by atoms with Gasteiger partial charge in [-0.2, -0.15) is 0 Å². The third kappa shape index (κ3) is 6.42. The van der Waals surface area contributed by atoms with Crippen LogP contribution in [0.3, 0.4) is 0 Å². The maximum atomic E-state index is 12.8. The van der Waals surface area contributed by atoms with E-state index in [1.807, 2.05) is 0 Å². The van der Waals surface area contributed by atoms with E-state index in [1.54, 1.807) is 6.92 Å². The third-order valence-corrected chi connectivity index (χ3v) is 2.89. The molecule has 0 saturated heterocycles. The molecule has 5 nitrogen and oxygen atoms in total. The summed E-state index contributed by atoms with van der Waals surface area (Å²) in [5.74, 6) is -2.86. The van der Waals surface area contributed by atoms with Crippen LogP contribution in [0.4, 0.5) is 4.39 Å². The molecule has 1 unspecified atom stereocenters. The van der Waals surface area contributed by atoms with Crippen LogP contribution < -0.4 is 0 Å². The molecule has 6 heteroatoms. The fourth-order valence-electron chi connectivity index (χ4n) is 1.70. The first-order valence-electron chi connectivity index (χ1n) is 7.19. The molecule has 124 valence electrons. The normalized spacial score (nSPS) is 11.4. The zero-order chi connectivity index (χ0) is 17.4. The molecule has 0 bridgehead atoms. The van der Waals surface area contributed by atoms with Crippen molar-refractivity contribution in [2.45, 2.75) is 39.2 Å². The van der Waals surface area contributed by atoms with E-state index in [1.165, 1.54) is 31.2 Å². The molecule has 0 N–H and O–H groups in total. The SMILES string of the molecule is C=C(C)C(=O)OC(CCC)C(=O)OC(=O)Cc1ccc(F)cc1. The van der Waals surface area contributed by atoms with Crippen LogP contribution in [-0.4, -0.2) is 24.0 Å². The first-order chi connectivity index (χ1) is 10.8. The van der Waals surface area contributed by atoms with Crippen molar-refractivity contribution >= 4 is 17.9 Å². The molecule has 0 radical (unpaired) electrons. The highest BCUT2D eigenvalue weighted by molar-refractivity contribution is 5.92. The van der Waals surface area contributed by atoms with E-state index in [0.717, 1.165) is 0 Å². The van der Waals surface area contributed by atoms with Gasteiger partial charge in [-0.05, 0) is 31.0 Å². The summed E-state index contributed by atoms with van der Waals surface area (Å²) in [5, 5.41) is 0. The van der Waals surface area contributed by atoms with E-state index < -0.39 is 29.8 Å². The van der Waals surface area contributed by atoms with Crippen molar-refractivity contribution < 1.29 is 28.2 Å². The minimum atomic E-state index is -1.15. The molecule has 0 amide bonds. The molecule has 1 aromatic carbocycles. The van der Waals surface area contributed by atoms with Gasteiger partial charge in [0, 0.05) is 5.57 Å². The van der Waals surface area contributed by atoms with Crippen molar-refractivity contribution in [1.82, 2.24) is 0 Å². The van der Waals surface area contributed by atoms with Crippen LogP contribution in [0.5, 0.6) is 0 Å². The minimum Gasteiger partial charge on any atom is -0.447 e. The van der Waals surface area contributed by atoms with Gasteiger partial charge in [0.1, 0.15) is 5.82 Å². The number of ether oxygens (including phenoxy) is 2. The summed E-state index contributed by atoms with van der Waals surface area (Å²) < 4.78 is 22.5. The number of esters is 3. The topological polar surface area (TPSA) is 69.7 Å². The number of benzene rings is 1. The lowest BCUT2D eigenvalue weighted by Crippen LogP contribution is -2.31. The molecule has 1 atom stereocenters. The quantitative estimate of drug-likeness (QED) is 0.438. The second-order valence-electron chi connectivity index (χ2n) is 5.06. The number of rotatable bonds is 7. The van der Waals surface area contributed by atoms with Crippen LogP contribution in [0.2, 0.25) is 0 Å². The zero-order valence-corrected chi connectivity index (χ0v) is 13.1. The molecule has 0 spiro atoms. The molecular formula is C17H19FO5. The van der Waals surface area contributed by atoms with Crippen molar-refractivity contribution in [2.75, 3.05) is 0 Å². The molecule has 1 rings (SSSR count). The highest BCUT2D eigenvalue weighted by Gasteiger charge is 2.26.